The van der Waals surface area contributed by atoms with Gasteiger partial charge in [0.05, 0.1) is 17.5 Å². The summed E-state index contributed by atoms with van der Waals surface area (Å²) >= 11 is 0. The van der Waals surface area contributed by atoms with Crippen LogP contribution in [0.5, 0.6) is 0 Å². The summed E-state index contributed by atoms with van der Waals surface area (Å²) in [6.07, 6.45) is -2.71. The molecule has 0 bridgehead atoms. The molecule has 2 fully saturated rings. The molecule has 0 spiro atoms. The second kappa shape index (κ2) is 9.74. The van der Waals surface area contributed by atoms with Crippen molar-refractivity contribution in [3.8, 4) is 0 Å². The first-order chi connectivity index (χ1) is 17.0. The molecule has 1 aromatic heterocycles. The lowest BCUT2D eigenvalue weighted by Gasteiger charge is -2.46. The average Bonchev–Trinajstić information content (AvgIpc) is 2.81. The largest absolute Gasteiger partial charge is 0.416 e. The van der Waals surface area contributed by atoms with Crippen molar-refractivity contribution >= 4 is 29.1 Å². The van der Waals surface area contributed by atoms with Crippen LogP contribution in [0.3, 0.4) is 0 Å². The molecule has 0 saturated carbocycles. The maximum absolute atomic E-state index is 14.6. The van der Waals surface area contributed by atoms with Crippen LogP contribution in [0, 0.1) is 17.6 Å². The van der Waals surface area contributed by atoms with Crippen molar-refractivity contribution < 1.29 is 31.5 Å². The number of carbonyl (C=O) groups excluding carboxylic acids is 2. The fraction of sp³-hybridized carbons (Fsp3) is 0.455. The third-order valence-corrected chi connectivity index (χ3v) is 6.48. The number of rotatable bonds is 5. The summed E-state index contributed by atoms with van der Waals surface area (Å²) in [5.41, 5.74) is 9.76. The zero-order valence-corrected chi connectivity index (χ0v) is 18.9. The SMILES string of the molecule is NC(=O)C1CCN(c2ncnc(N)c2F)CC1N1CCC[C@@H](Nc2cc(F)cc(C(F)(F)F)c2)C1=O. The summed E-state index contributed by atoms with van der Waals surface area (Å²) in [4.78, 5) is 36.1. The van der Waals surface area contributed by atoms with Crippen LogP contribution in [0.1, 0.15) is 24.8 Å². The first kappa shape index (κ1) is 25.4. The van der Waals surface area contributed by atoms with Crippen LogP contribution in [0.4, 0.5) is 39.3 Å². The Morgan fingerprint density at radius 2 is 1.86 bits per heavy atom. The van der Waals surface area contributed by atoms with Gasteiger partial charge in [-0.3, -0.25) is 9.59 Å². The second-order valence-corrected chi connectivity index (χ2v) is 8.80. The quantitative estimate of drug-likeness (QED) is 0.523. The fourth-order valence-corrected chi connectivity index (χ4v) is 4.77. The Kier molecular flexibility index (Phi) is 6.87. The Balaban J connectivity index is 1.57. The molecule has 2 aliphatic rings. The van der Waals surface area contributed by atoms with E-state index in [0.29, 0.717) is 12.5 Å². The number of alkyl halides is 3. The Labute approximate surface area is 202 Å². The molecule has 9 nitrogen and oxygen atoms in total. The minimum Gasteiger partial charge on any atom is -0.381 e. The monoisotopic (exact) mass is 513 g/mol. The maximum atomic E-state index is 14.6. The molecule has 4 rings (SSSR count). The molecule has 0 radical (unpaired) electrons. The van der Waals surface area contributed by atoms with Gasteiger partial charge in [0, 0.05) is 25.3 Å². The fourth-order valence-electron chi connectivity index (χ4n) is 4.77. The van der Waals surface area contributed by atoms with E-state index >= 15 is 0 Å². The van der Waals surface area contributed by atoms with E-state index in [4.69, 9.17) is 11.5 Å². The predicted octanol–water partition coefficient (Wildman–Crippen LogP) is 2.14. The number of nitrogens with two attached hydrogens (primary N) is 2. The minimum absolute atomic E-state index is 0.0254. The third kappa shape index (κ3) is 5.11. The number of likely N-dealkylation sites (tertiary alicyclic amines) is 1. The zero-order chi connectivity index (χ0) is 26.2. The number of primary amides is 1. The zero-order valence-electron chi connectivity index (χ0n) is 18.9. The lowest BCUT2D eigenvalue weighted by atomic mass is 9.87. The van der Waals surface area contributed by atoms with Crippen LogP contribution in [-0.4, -0.2) is 58.4 Å². The average molecular weight is 513 g/mol. The van der Waals surface area contributed by atoms with Crippen molar-refractivity contribution in [3.63, 3.8) is 0 Å². The molecule has 3 atom stereocenters. The number of nitrogens with zero attached hydrogens (tertiary/aromatic N) is 4. The van der Waals surface area contributed by atoms with E-state index in [0.717, 1.165) is 18.5 Å². The van der Waals surface area contributed by atoms with E-state index in [9.17, 15) is 31.5 Å². The molecule has 5 N–H and O–H groups in total. The molecule has 2 aliphatic heterocycles. The Morgan fingerprint density at radius 1 is 1.11 bits per heavy atom. The summed E-state index contributed by atoms with van der Waals surface area (Å²) in [5, 5.41) is 2.70. The van der Waals surface area contributed by atoms with Crippen molar-refractivity contribution in [2.24, 2.45) is 11.7 Å². The molecule has 3 heterocycles. The van der Waals surface area contributed by atoms with E-state index in [2.05, 4.69) is 15.3 Å². The molecule has 36 heavy (non-hydrogen) atoms. The predicted molar refractivity (Wildman–Crippen MR) is 119 cm³/mol. The van der Waals surface area contributed by atoms with Gasteiger partial charge in [-0.25, -0.2) is 14.4 Å². The molecular weight excluding hydrogens is 489 g/mol. The Hall–Kier alpha value is -3.71. The second-order valence-electron chi connectivity index (χ2n) is 8.80. The van der Waals surface area contributed by atoms with Crippen molar-refractivity contribution in [1.82, 2.24) is 14.9 Å². The highest BCUT2D eigenvalue weighted by Crippen LogP contribution is 2.33. The standard InChI is InChI=1S/C22H24F5N7O2/c23-12-6-11(22(25,26)27)7-13(8-12)32-15-2-1-4-34(21(15)36)16-9-33(5-3-14(16)19(29)35)20-17(24)18(28)30-10-31-20/h6-8,10,14-16,32H,1-5,9H2,(H2,29,35)(H2,28,30,31)/t14?,15-,16?/m1/s1. The van der Waals surface area contributed by atoms with Crippen LogP contribution in [0.25, 0.3) is 0 Å². The highest BCUT2D eigenvalue weighted by Gasteiger charge is 2.43. The van der Waals surface area contributed by atoms with E-state index in [1.807, 2.05) is 0 Å². The highest BCUT2D eigenvalue weighted by molar-refractivity contribution is 5.87. The summed E-state index contributed by atoms with van der Waals surface area (Å²) in [6, 6.07) is 0.261. The number of hydrogen-bond donors (Lipinski definition) is 3. The smallest absolute Gasteiger partial charge is 0.381 e. The molecule has 194 valence electrons. The number of aromatic nitrogens is 2. The van der Waals surface area contributed by atoms with Gasteiger partial charge in [-0.15, -0.1) is 0 Å². The number of nitrogen functional groups attached to an aromatic ring is 1. The van der Waals surface area contributed by atoms with Gasteiger partial charge in [0.15, 0.2) is 11.6 Å². The number of nitrogens with one attached hydrogen (secondary N) is 1. The van der Waals surface area contributed by atoms with Gasteiger partial charge in [-0.1, -0.05) is 0 Å². The number of benzene rings is 1. The topological polar surface area (TPSA) is 130 Å². The van der Waals surface area contributed by atoms with Crippen molar-refractivity contribution in [1.29, 1.82) is 0 Å². The van der Waals surface area contributed by atoms with Crippen LogP contribution >= 0.6 is 0 Å². The molecule has 2 unspecified atom stereocenters. The number of anilines is 3. The van der Waals surface area contributed by atoms with Gasteiger partial charge in [-0.05, 0) is 37.5 Å². The highest BCUT2D eigenvalue weighted by atomic mass is 19.4. The first-order valence-electron chi connectivity index (χ1n) is 11.2. The molecule has 14 heteroatoms. The van der Waals surface area contributed by atoms with E-state index in [1.165, 1.54) is 4.90 Å². The van der Waals surface area contributed by atoms with Gasteiger partial charge in [0.2, 0.25) is 17.6 Å². The maximum Gasteiger partial charge on any atom is 0.416 e. The third-order valence-electron chi connectivity index (χ3n) is 6.48. The summed E-state index contributed by atoms with van der Waals surface area (Å²) in [7, 11) is 0. The lowest BCUT2D eigenvalue weighted by Crippen LogP contribution is -2.61. The number of amides is 2. The van der Waals surface area contributed by atoms with Gasteiger partial charge >= 0.3 is 6.18 Å². The number of carbonyl (C=O) groups is 2. The van der Waals surface area contributed by atoms with Crippen LogP contribution in [0.15, 0.2) is 24.5 Å². The van der Waals surface area contributed by atoms with Crippen LogP contribution in [0.2, 0.25) is 0 Å². The van der Waals surface area contributed by atoms with Gasteiger partial charge < -0.3 is 26.6 Å². The lowest BCUT2D eigenvalue weighted by molar-refractivity contribution is -0.140. The Bertz CT molecular complexity index is 1160. The normalized spacial score (nSPS) is 23.0. The van der Waals surface area contributed by atoms with E-state index in [1.54, 1.807) is 4.90 Å². The molecular formula is C22H24F5N7O2. The first-order valence-corrected chi connectivity index (χ1v) is 11.2. The van der Waals surface area contributed by atoms with Crippen LogP contribution in [-0.2, 0) is 15.8 Å². The molecule has 2 aromatic rings. The molecule has 2 saturated heterocycles. The van der Waals surface area contributed by atoms with Crippen LogP contribution < -0.4 is 21.7 Å². The minimum atomic E-state index is -4.76. The van der Waals surface area contributed by atoms with Gasteiger partial charge in [0.1, 0.15) is 18.2 Å². The molecule has 2 amide bonds. The van der Waals surface area contributed by atoms with Crippen molar-refractivity contribution in [3.05, 3.63) is 41.7 Å². The molecule has 0 aliphatic carbocycles. The summed E-state index contributed by atoms with van der Waals surface area (Å²) in [6.45, 7) is 0.507. The van der Waals surface area contributed by atoms with E-state index < -0.39 is 53.2 Å². The van der Waals surface area contributed by atoms with Crippen molar-refractivity contribution in [2.75, 3.05) is 35.6 Å². The molecule has 1 aromatic carbocycles. The number of halogens is 5. The number of piperidine rings is 2. The van der Waals surface area contributed by atoms with Gasteiger partial charge in [-0.2, -0.15) is 17.6 Å². The van der Waals surface area contributed by atoms with Crippen molar-refractivity contribution in [2.45, 2.75) is 37.5 Å². The summed E-state index contributed by atoms with van der Waals surface area (Å²) < 4.78 is 67.7. The van der Waals surface area contributed by atoms with Gasteiger partial charge in [0.25, 0.3) is 0 Å². The van der Waals surface area contributed by atoms with E-state index in [-0.39, 0.29) is 49.8 Å². The Morgan fingerprint density at radius 3 is 2.56 bits per heavy atom. The summed E-state index contributed by atoms with van der Waals surface area (Å²) in [5.74, 6) is -4.21. The number of hydrogen-bond acceptors (Lipinski definition) is 7.